The Morgan fingerprint density at radius 1 is 1.39 bits per heavy atom. The van der Waals surface area contributed by atoms with Crippen LogP contribution in [0.4, 0.5) is 4.39 Å². The van der Waals surface area contributed by atoms with Gasteiger partial charge in [-0.25, -0.2) is 4.39 Å². The van der Waals surface area contributed by atoms with Gasteiger partial charge in [-0.05, 0) is 49.1 Å². The van der Waals surface area contributed by atoms with Gasteiger partial charge in [0.2, 0.25) is 0 Å². The van der Waals surface area contributed by atoms with Crippen LogP contribution in [0.25, 0.3) is 0 Å². The maximum atomic E-state index is 13.3. The second kappa shape index (κ2) is 5.31. The van der Waals surface area contributed by atoms with Crippen LogP contribution in [0.1, 0.15) is 29.3 Å². The Morgan fingerprint density at radius 3 is 2.78 bits per heavy atom. The fourth-order valence-corrected chi connectivity index (χ4v) is 2.10. The zero-order valence-electron chi connectivity index (χ0n) is 10.7. The van der Waals surface area contributed by atoms with E-state index in [0.717, 1.165) is 29.7 Å². The van der Waals surface area contributed by atoms with Crippen molar-refractivity contribution in [2.75, 3.05) is 0 Å². The minimum absolute atomic E-state index is 0.144. The molecule has 1 unspecified atom stereocenters. The summed E-state index contributed by atoms with van der Waals surface area (Å²) < 4.78 is 15.1. The van der Waals surface area contributed by atoms with Gasteiger partial charge in [-0.2, -0.15) is 5.10 Å². The molecule has 0 saturated carbocycles. The van der Waals surface area contributed by atoms with Crippen molar-refractivity contribution in [1.82, 2.24) is 9.78 Å². The minimum Gasteiger partial charge on any atom is -0.324 e. The average molecular weight is 247 g/mol. The first-order valence-corrected chi connectivity index (χ1v) is 6.06. The molecular formula is C14H18FN3. The van der Waals surface area contributed by atoms with Crippen LogP contribution in [0, 0.1) is 12.7 Å². The van der Waals surface area contributed by atoms with Crippen molar-refractivity contribution in [1.29, 1.82) is 0 Å². The monoisotopic (exact) mass is 247 g/mol. The van der Waals surface area contributed by atoms with E-state index in [1.807, 2.05) is 30.8 Å². The van der Waals surface area contributed by atoms with Crippen molar-refractivity contribution in [2.24, 2.45) is 12.8 Å². The molecule has 0 aliphatic heterocycles. The Morgan fingerprint density at radius 2 is 2.17 bits per heavy atom. The number of benzene rings is 1. The first-order chi connectivity index (χ1) is 8.56. The molecule has 2 aromatic rings. The third kappa shape index (κ3) is 2.96. The van der Waals surface area contributed by atoms with E-state index in [0.29, 0.717) is 0 Å². The van der Waals surface area contributed by atoms with Crippen LogP contribution in [-0.2, 0) is 13.5 Å². The number of aromatic nitrogens is 2. The third-order valence-corrected chi connectivity index (χ3v) is 3.13. The summed E-state index contributed by atoms with van der Waals surface area (Å²) >= 11 is 0. The Balaban J connectivity index is 2.03. The van der Waals surface area contributed by atoms with Gasteiger partial charge in [0.1, 0.15) is 5.82 Å². The van der Waals surface area contributed by atoms with E-state index in [4.69, 9.17) is 5.73 Å². The first-order valence-electron chi connectivity index (χ1n) is 6.06. The van der Waals surface area contributed by atoms with Gasteiger partial charge in [-0.15, -0.1) is 0 Å². The highest BCUT2D eigenvalue weighted by Gasteiger charge is 2.09. The lowest BCUT2D eigenvalue weighted by Gasteiger charge is -2.13. The molecular weight excluding hydrogens is 229 g/mol. The lowest BCUT2D eigenvalue weighted by atomic mass is 10.00. The van der Waals surface area contributed by atoms with Gasteiger partial charge in [0, 0.05) is 25.0 Å². The normalized spacial score (nSPS) is 12.7. The van der Waals surface area contributed by atoms with Crippen LogP contribution in [0.5, 0.6) is 0 Å². The van der Waals surface area contributed by atoms with Gasteiger partial charge in [-0.1, -0.05) is 6.07 Å². The molecule has 0 aliphatic rings. The van der Waals surface area contributed by atoms with Crippen LogP contribution in [0.15, 0.2) is 30.5 Å². The Hall–Kier alpha value is -1.68. The number of hydrogen-bond acceptors (Lipinski definition) is 2. The number of nitrogens with two attached hydrogens (primary N) is 1. The van der Waals surface area contributed by atoms with Crippen molar-refractivity contribution in [2.45, 2.75) is 25.8 Å². The Labute approximate surface area is 106 Å². The first kappa shape index (κ1) is 12.8. The van der Waals surface area contributed by atoms with E-state index in [2.05, 4.69) is 5.10 Å². The maximum absolute atomic E-state index is 13.3. The van der Waals surface area contributed by atoms with Crippen LogP contribution < -0.4 is 5.73 Å². The van der Waals surface area contributed by atoms with Crippen molar-refractivity contribution in [3.63, 3.8) is 0 Å². The lowest BCUT2D eigenvalue weighted by molar-refractivity contribution is 0.595. The predicted molar refractivity (Wildman–Crippen MR) is 69.6 cm³/mol. The lowest BCUT2D eigenvalue weighted by Crippen LogP contribution is -2.13. The molecule has 0 bridgehead atoms. The van der Waals surface area contributed by atoms with Gasteiger partial charge >= 0.3 is 0 Å². The topological polar surface area (TPSA) is 43.8 Å². The number of hydrogen-bond donors (Lipinski definition) is 1. The fourth-order valence-electron chi connectivity index (χ4n) is 2.10. The van der Waals surface area contributed by atoms with Gasteiger partial charge < -0.3 is 5.73 Å². The number of rotatable bonds is 4. The van der Waals surface area contributed by atoms with E-state index in [1.54, 1.807) is 6.20 Å². The summed E-state index contributed by atoms with van der Waals surface area (Å²) in [4.78, 5) is 0. The molecule has 1 aromatic carbocycles. The number of aryl methyl sites for hydroxylation is 3. The molecule has 0 fully saturated rings. The quantitative estimate of drug-likeness (QED) is 0.902. The third-order valence-electron chi connectivity index (χ3n) is 3.13. The zero-order chi connectivity index (χ0) is 13.1. The summed E-state index contributed by atoms with van der Waals surface area (Å²) in [6.45, 7) is 1.88. The van der Waals surface area contributed by atoms with E-state index in [1.165, 1.54) is 12.1 Å². The fraction of sp³-hybridized carbons (Fsp3) is 0.357. The molecule has 1 atom stereocenters. The zero-order valence-corrected chi connectivity index (χ0v) is 10.7. The standard InChI is InChI=1S/C14H18FN3/c1-10-7-11(9-12(15)8-10)14(16)4-3-13-5-6-17-18(13)2/h5-9,14H,3-4,16H2,1-2H3. The molecule has 0 radical (unpaired) electrons. The van der Waals surface area contributed by atoms with Crippen molar-refractivity contribution < 1.29 is 4.39 Å². The minimum atomic E-state index is -0.221. The van der Waals surface area contributed by atoms with Gasteiger partial charge in [0.25, 0.3) is 0 Å². The SMILES string of the molecule is Cc1cc(F)cc(C(N)CCc2ccnn2C)c1. The van der Waals surface area contributed by atoms with E-state index < -0.39 is 0 Å². The molecule has 3 nitrogen and oxygen atoms in total. The smallest absolute Gasteiger partial charge is 0.123 e. The highest BCUT2D eigenvalue weighted by molar-refractivity contribution is 5.26. The summed E-state index contributed by atoms with van der Waals surface area (Å²) in [5.74, 6) is -0.221. The van der Waals surface area contributed by atoms with Crippen LogP contribution >= 0.6 is 0 Å². The Bertz CT molecular complexity index is 513. The van der Waals surface area contributed by atoms with E-state index >= 15 is 0 Å². The molecule has 18 heavy (non-hydrogen) atoms. The largest absolute Gasteiger partial charge is 0.324 e. The molecule has 2 rings (SSSR count). The second-order valence-electron chi connectivity index (χ2n) is 4.65. The van der Waals surface area contributed by atoms with Crippen molar-refractivity contribution >= 4 is 0 Å². The van der Waals surface area contributed by atoms with Crippen molar-refractivity contribution in [3.05, 3.63) is 53.1 Å². The molecule has 4 heteroatoms. The summed E-state index contributed by atoms with van der Waals surface area (Å²) in [5, 5.41) is 4.11. The highest BCUT2D eigenvalue weighted by atomic mass is 19.1. The van der Waals surface area contributed by atoms with Gasteiger partial charge in [-0.3, -0.25) is 4.68 Å². The molecule has 1 heterocycles. The molecule has 0 spiro atoms. The maximum Gasteiger partial charge on any atom is 0.123 e. The van der Waals surface area contributed by atoms with E-state index in [-0.39, 0.29) is 11.9 Å². The van der Waals surface area contributed by atoms with Crippen molar-refractivity contribution in [3.8, 4) is 0 Å². The summed E-state index contributed by atoms with van der Waals surface area (Å²) in [6, 6.07) is 6.80. The van der Waals surface area contributed by atoms with E-state index in [9.17, 15) is 4.39 Å². The molecule has 0 saturated heterocycles. The second-order valence-corrected chi connectivity index (χ2v) is 4.65. The van der Waals surface area contributed by atoms with Gasteiger partial charge in [0.05, 0.1) is 0 Å². The molecule has 1 aromatic heterocycles. The number of halogens is 1. The highest BCUT2D eigenvalue weighted by Crippen LogP contribution is 2.19. The molecule has 0 aliphatic carbocycles. The molecule has 0 amide bonds. The summed E-state index contributed by atoms with van der Waals surface area (Å²) in [7, 11) is 1.91. The van der Waals surface area contributed by atoms with Crippen LogP contribution in [0.3, 0.4) is 0 Å². The predicted octanol–water partition coefficient (Wildman–Crippen LogP) is 2.50. The summed E-state index contributed by atoms with van der Waals surface area (Å²) in [5.41, 5.74) is 9.00. The van der Waals surface area contributed by atoms with Gasteiger partial charge in [0.15, 0.2) is 0 Å². The molecule has 2 N–H and O–H groups in total. The van der Waals surface area contributed by atoms with Crippen LogP contribution in [-0.4, -0.2) is 9.78 Å². The van der Waals surface area contributed by atoms with Crippen LogP contribution in [0.2, 0.25) is 0 Å². The number of nitrogens with zero attached hydrogens (tertiary/aromatic N) is 2. The Kier molecular flexibility index (Phi) is 3.77. The average Bonchev–Trinajstić information content (AvgIpc) is 2.70. The summed E-state index contributed by atoms with van der Waals surface area (Å²) in [6.07, 6.45) is 3.39. The molecule has 96 valence electrons.